The van der Waals surface area contributed by atoms with Gasteiger partial charge in [0, 0.05) is 30.4 Å². The molecule has 2 unspecified atom stereocenters. The summed E-state index contributed by atoms with van der Waals surface area (Å²) in [6.07, 6.45) is 12.3. The van der Waals surface area contributed by atoms with Crippen LogP contribution in [-0.4, -0.2) is 81.2 Å². The zero-order valence-corrected chi connectivity index (χ0v) is 30.9. The van der Waals surface area contributed by atoms with Crippen LogP contribution >= 0.6 is 0 Å². The first-order chi connectivity index (χ1) is 22.3. The number of rotatable bonds is 19. The molecular formula is C35H62N5O7S+. The van der Waals surface area contributed by atoms with Crippen molar-refractivity contribution in [3.63, 3.8) is 0 Å². The normalized spacial score (nSPS) is 24.7. The molecule has 6 N–H and O–H groups in total. The van der Waals surface area contributed by atoms with Gasteiger partial charge in [0.25, 0.3) is 11.8 Å². The van der Waals surface area contributed by atoms with Crippen molar-refractivity contribution >= 4 is 39.4 Å². The van der Waals surface area contributed by atoms with E-state index in [1.54, 1.807) is 0 Å². The maximum Gasteiger partial charge on any atom is 0.335 e. The second-order valence-electron chi connectivity index (χ2n) is 16.4. The first-order valence-corrected chi connectivity index (χ1v) is 20.1. The molecule has 0 aromatic carbocycles. The number of piperidine rings is 1. The van der Waals surface area contributed by atoms with Crippen LogP contribution in [0.2, 0.25) is 0 Å². The Morgan fingerprint density at radius 1 is 0.896 bits per heavy atom. The molecule has 1 saturated heterocycles. The van der Waals surface area contributed by atoms with E-state index in [2.05, 4.69) is 29.8 Å². The number of ketones is 1. The van der Waals surface area contributed by atoms with Gasteiger partial charge < -0.3 is 21.7 Å². The van der Waals surface area contributed by atoms with Gasteiger partial charge in [-0.2, -0.15) is 0 Å². The highest BCUT2D eigenvalue weighted by Crippen LogP contribution is 2.50. The lowest BCUT2D eigenvalue weighted by molar-refractivity contribution is -0.856. The summed E-state index contributed by atoms with van der Waals surface area (Å²) in [7, 11) is -2.99. The highest BCUT2D eigenvalue weighted by Gasteiger charge is 2.61. The molecule has 13 heteroatoms. The van der Waals surface area contributed by atoms with Crippen LogP contribution in [0, 0.1) is 28.6 Å². The van der Waals surface area contributed by atoms with Crippen molar-refractivity contribution < 1.29 is 37.3 Å². The smallest absolute Gasteiger partial charge is 0.335 e. The van der Waals surface area contributed by atoms with E-state index < -0.39 is 57.0 Å². The molecule has 0 aromatic heterocycles. The predicted octanol–water partition coefficient (Wildman–Crippen LogP) is 2.05. The van der Waals surface area contributed by atoms with E-state index in [1.807, 2.05) is 20.8 Å². The maximum atomic E-state index is 14.4. The van der Waals surface area contributed by atoms with Crippen LogP contribution in [0.1, 0.15) is 118 Å². The second-order valence-corrected chi connectivity index (χ2v) is 18.6. The molecule has 3 fully saturated rings. The number of urea groups is 1. The summed E-state index contributed by atoms with van der Waals surface area (Å²) in [5.41, 5.74) is 4.53. The largest absolute Gasteiger partial charge is 0.363 e. The van der Waals surface area contributed by atoms with Crippen LogP contribution in [0.15, 0.2) is 0 Å². The Hall–Kier alpha value is -2.54. The summed E-state index contributed by atoms with van der Waals surface area (Å²) in [5.74, 6) is -1.57. The minimum atomic E-state index is -2.99. The van der Waals surface area contributed by atoms with Crippen molar-refractivity contribution in [1.29, 1.82) is 0 Å². The average molecular weight is 697 g/mol. The molecule has 2 bridgehead atoms. The number of carbonyl (C=O) groups is 5. The number of hydrogen-bond acceptors (Lipinski definition) is 7. The quantitative estimate of drug-likeness (QED) is 0.101. The van der Waals surface area contributed by atoms with E-state index in [4.69, 9.17) is 5.73 Å². The first kappa shape index (κ1) is 39.9. The Bertz CT molecular complexity index is 1270. The first-order valence-electron chi connectivity index (χ1n) is 18.1. The monoisotopic (exact) mass is 696 g/mol. The third kappa shape index (κ3) is 11.5. The summed E-state index contributed by atoms with van der Waals surface area (Å²) in [5, 5.41) is 8.57. The molecule has 6 atom stereocenters. The van der Waals surface area contributed by atoms with Crippen molar-refractivity contribution in [3.8, 4) is 0 Å². The van der Waals surface area contributed by atoms with Gasteiger partial charge in [-0.3, -0.25) is 19.3 Å². The van der Waals surface area contributed by atoms with Crippen molar-refractivity contribution in [3.05, 3.63) is 0 Å². The summed E-state index contributed by atoms with van der Waals surface area (Å²) >= 11 is 0. The summed E-state index contributed by atoms with van der Waals surface area (Å²) < 4.78 is 22.6. The number of amides is 5. The van der Waals surface area contributed by atoms with Crippen molar-refractivity contribution in [2.45, 2.75) is 136 Å². The van der Waals surface area contributed by atoms with Crippen LogP contribution in [0.5, 0.6) is 0 Å². The molecule has 1 heterocycles. The molecular weight excluding hydrogens is 634 g/mol. The van der Waals surface area contributed by atoms with E-state index in [0.29, 0.717) is 43.7 Å². The third-order valence-corrected chi connectivity index (χ3v) is 12.0. The van der Waals surface area contributed by atoms with Crippen LogP contribution in [-0.2, 0) is 29.0 Å². The number of likely N-dealkylation sites (tertiary alicyclic amines) is 1. The van der Waals surface area contributed by atoms with Crippen molar-refractivity contribution in [2.24, 2.45) is 34.3 Å². The van der Waals surface area contributed by atoms with Crippen LogP contribution in [0.3, 0.4) is 0 Å². The topological polar surface area (TPSA) is 186 Å². The highest BCUT2D eigenvalue weighted by molar-refractivity contribution is 7.90. The van der Waals surface area contributed by atoms with Crippen LogP contribution in [0.4, 0.5) is 4.79 Å². The summed E-state index contributed by atoms with van der Waals surface area (Å²) in [6.45, 7) is 10.7. The number of unbranched alkanes of at least 4 members (excludes halogenated alkanes) is 5. The zero-order chi connectivity index (χ0) is 35.9. The Morgan fingerprint density at radius 2 is 1.54 bits per heavy atom. The van der Waals surface area contributed by atoms with E-state index >= 15 is 0 Å². The van der Waals surface area contributed by atoms with Gasteiger partial charge in [0.2, 0.25) is 5.78 Å². The number of sulfone groups is 1. The van der Waals surface area contributed by atoms with Gasteiger partial charge in [0.1, 0.15) is 9.84 Å². The summed E-state index contributed by atoms with van der Waals surface area (Å²) in [4.78, 5) is 66.9. The Morgan fingerprint density at radius 3 is 2.15 bits per heavy atom. The van der Waals surface area contributed by atoms with Crippen LogP contribution in [0.25, 0.3) is 0 Å². The fraction of sp³-hybridized carbons (Fsp3) is 0.857. The highest BCUT2D eigenvalue weighted by atomic mass is 32.2. The standard InChI is InChI=1S/C35H61N5O7S/c1-34(2,3)29(39-33(45)37-20-12-7-8-13-21-48(6,46)47)32(44)40-22-24-18-19-25(35(24,4)5)27(40)31(43)38-26(28(41)30(36)42)15-11-9-10-14-23-16-17-23/h23-27,29H,7-22H2,1-6H3,(H2,36,42)(H,38,43)(H2,37,39,45)/p+1/t24-,25+,26?,27+,29-/m1/s1. The molecule has 48 heavy (non-hydrogen) atoms. The lowest BCUT2D eigenvalue weighted by atomic mass is 9.68. The van der Waals surface area contributed by atoms with Gasteiger partial charge in [-0.1, -0.05) is 86.0 Å². The summed E-state index contributed by atoms with van der Waals surface area (Å²) in [6, 6.07) is -3.20. The van der Waals surface area contributed by atoms with Crippen LogP contribution < -0.4 is 26.6 Å². The minimum absolute atomic E-state index is 0.129. The number of Topliss-reactive ketones (excluding diaryl/α,β-unsaturated/α-hetero) is 1. The molecule has 12 nitrogen and oxygen atoms in total. The number of quaternary nitrogens is 1. The molecule has 1 aliphatic heterocycles. The van der Waals surface area contributed by atoms with Gasteiger partial charge in [-0.05, 0) is 48.9 Å². The fourth-order valence-electron chi connectivity index (χ4n) is 7.77. The van der Waals surface area contributed by atoms with Gasteiger partial charge in [0.15, 0.2) is 12.1 Å². The van der Waals surface area contributed by atoms with E-state index in [1.165, 1.54) is 19.1 Å². The molecule has 274 valence electrons. The number of primary amides is 1. The second kappa shape index (κ2) is 16.9. The zero-order valence-electron chi connectivity index (χ0n) is 30.1. The lowest BCUT2D eigenvalue weighted by Gasteiger charge is -2.46. The number of carbonyl (C=O) groups excluding carboxylic acids is 5. The molecule has 2 saturated carbocycles. The molecule has 5 amide bonds. The predicted molar refractivity (Wildman–Crippen MR) is 185 cm³/mol. The molecule has 3 aliphatic rings. The minimum Gasteiger partial charge on any atom is -0.363 e. The lowest BCUT2D eigenvalue weighted by Crippen LogP contribution is -3.23. The van der Waals surface area contributed by atoms with Gasteiger partial charge in [0.05, 0.1) is 12.6 Å². The van der Waals surface area contributed by atoms with E-state index in [-0.39, 0.29) is 28.9 Å². The van der Waals surface area contributed by atoms with Crippen molar-refractivity contribution in [1.82, 2.24) is 16.0 Å². The molecule has 0 aromatic rings. The van der Waals surface area contributed by atoms with E-state index in [0.717, 1.165) is 50.9 Å². The Balaban J connectivity index is 1.70. The van der Waals surface area contributed by atoms with E-state index in [9.17, 15) is 32.4 Å². The van der Waals surface area contributed by atoms with Gasteiger partial charge in [-0.25, -0.2) is 18.0 Å². The molecule has 2 aliphatic carbocycles. The fourth-order valence-corrected chi connectivity index (χ4v) is 8.50. The molecule has 0 radical (unpaired) electrons. The molecule has 0 spiro atoms. The Labute approximate surface area is 287 Å². The SMILES string of the molecule is CC(C)(C)[C@H](NC(=O)NCCCCCCS(C)(=O)=O)C(=O)[NH+]1C[C@H]2CC[C@@H]([C@H]1C(=O)NC(CCCCCC1CC1)C(=O)C(N)=O)C2(C)C. The third-order valence-electron chi connectivity index (χ3n) is 11.0. The van der Waals surface area contributed by atoms with Crippen molar-refractivity contribution in [2.75, 3.05) is 25.1 Å². The maximum absolute atomic E-state index is 14.4. The number of nitrogens with two attached hydrogens (primary N) is 1. The Kier molecular flexibility index (Phi) is 14.1. The number of fused-ring (bicyclic) bond motifs is 2. The molecule has 3 rings (SSSR count). The number of hydrogen-bond donors (Lipinski definition) is 5. The van der Waals surface area contributed by atoms with Gasteiger partial charge in [-0.15, -0.1) is 0 Å². The van der Waals surface area contributed by atoms with Gasteiger partial charge >= 0.3 is 11.9 Å². The average Bonchev–Trinajstić information content (AvgIpc) is 3.78. The number of nitrogens with one attached hydrogen (secondary N) is 4.